The quantitative estimate of drug-likeness (QED) is 0.771. The largest absolute Gasteiger partial charge is 0.480 e. The Kier molecular flexibility index (Phi) is 6.98. The molecular weight excluding hydrogens is 320 g/mol. The van der Waals surface area contributed by atoms with Crippen LogP contribution in [0.3, 0.4) is 0 Å². The lowest BCUT2D eigenvalue weighted by Crippen LogP contribution is -2.47. The van der Waals surface area contributed by atoms with Gasteiger partial charge in [0.2, 0.25) is 0 Å². The molecule has 2 rings (SSSR count). The number of carboxylic acid groups (broad SMARTS) is 1. The number of likely N-dealkylation sites (N-methyl/N-ethyl adjacent to an activating group) is 1. The number of nitrogens with one attached hydrogen (secondary N) is 1. The second-order valence-corrected chi connectivity index (χ2v) is 5.78. The second kappa shape index (κ2) is 9.44. The van der Waals surface area contributed by atoms with Gasteiger partial charge >= 0.3 is 12.1 Å². The zero-order chi connectivity index (χ0) is 18.1. The molecule has 1 amide bonds. The lowest BCUT2D eigenvalue weighted by atomic mass is 10.2. The molecule has 6 heteroatoms. The number of benzene rings is 2. The Bertz CT molecular complexity index is 676. The van der Waals surface area contributed by atoms with Gasteiger partial charge in [-0.25, -0.2) is 9.59 Å². The minimum atomic E-state index is -1.10. The van der Waals surface area contributed by atoms with Gasteiger partial charge in [-0.3, -0.25) is 4.90 Å². The first-order valence-corrected chi connectivity index (χ1v) is 7.97. The zero-order valence-electron chi connectivity index (χ0n) is 14.1. The van der Waals surface area contributed by atoms with E-state index in [1.807, 2.05) is 65.6 Å². The molecule has 2 aromatic carbocycles. The van der Waals surface area contributed by atoms with Gasteiger partial charge in [0.25, 0.3) is 0 Å². The summed E-state index contributed by atoms with van der Waals surface area (Å²) in [6.07, 6.45) is -0.746. The van der Waals surface area contributed by atoms with E-state index in [2.05, 4.69) is 5.32 Å². The fraction of sp³-hybridized carbons (Fsp3) is 0.263. The molecule has 0 aliphatic rings. The molecule has 0 aliphatic heterocycles. The Morgan fingerprint density at radius 1 is 1.04 bits per heavy atom. The summed E-state index contributed by atoms with van der Waals surface area (Å²) in [5, 5.41) is 11.7. The summed E-state index contributed by atoms with van der Waals surface area (Å²) in [6.45, 7) is 0.856. The van der Waals surface area contributed by atoms with Crippen molar-refractivity contribution in [2.45, 2.75) is 19.2 Å². The number of aliphatic carboxylic acids is 1. The Morgan fingerprint density at radius 3 is 2.16 bits per heavy atom. The predicted octanol–water partition coefficient (Wildman–Crippen LogP) is 2.50. The number of alkyl carbamates (subject to hydrolysis) is 1. The van der Waals surface area contributed by atoms with Crippen molar-refractivity contribution in [1.29, 1.82) is 0 Å². The number of nitrogens with zero attached hydrogens (tertiary/aromatic N) is 1. The average Bonchev–Trinajstić information content (AvgIpc) is 2.61. The molecule has 6 nitrogen and oxygen atoms in total. The highest BCUT2D eigenvalue weighted by Crippen LogP contribution is 2.04. The van der Waals surface area contributed by atoms with Crippen LogP contribution in [0.2, 0.25) is 0 Å². The Balaban J connectivity index is 1.83. The van der Waals surface area contributed by atoms with Crippen LogP contribution in [0.5, 0.6) is 0 Å². The average molecular weight is 342 g/mol. The van der Waals surface area contributed by atoms with Gasteiger partial charge in [0, 0.05) is 13.1 Å². The number of carboxylic acids is 1. The third kappa shape index (κ3) is 6.64. The molecule has 25 heavy (non-hydrogen) atoms. The van der Waals surface area contributed by atoms with Crippen molar-refractivity contribution in [3.8, 4) is 0 Å². The number of hydrogen-bond acceptors (Lipinski definition) is 4. The van der Waals surface area contributed by atoms with Gasteiger partial charge in [-0.05, 0) is 18.2 Å². The molecule has 0 saturated carbocycles. The molecule has 0 unspecified atom stereocenters. The van der Waals surface area contributed by atoms with Crippen LogP contribution >= 0.6 is 0 Å². The van der Waals surface area contributed by atoms with E-state index >= 15 is 0 Å². The lowest BCUT2D eigenvalue weighted by Gasteiger charge is -2.22. The van der Waals surface area contributed by atoms with Gasteiger partial charge < -0.3 is 15.2 Å². The Hall–Kier alpha value is -2.86. The van der Waals surface area contributed by atoms with E-state index in [0.29, 0.717) is 6.54 Å². The molecular formula is C19H22N2O4. The van der Waals surface area contributed by atoms with E-state index in [1.165, 1.54) is 0 Å². The van der Waals surface area contributed by atoms with Crippen LogP contribution in [0.4, 0.5) is 4.79 Å². The minimum absolute atomic E-state index is 0.0961. The van der Waals surface area contributed by atoms with Crippen LogP contribution in [-0.4, -0.2) is 41.7 Å². The molecule has 0 fully saturated rings. The monoisotopic (exact) mass is 342 g/mol. The fourth-order valence-corrected chi connectivity index (χ4v) is 2.36. The summed E-state index contributed by atoms with van der Waals surface area (Å²) in [5.41, 5.74) is 1.91. The van der Waals surface area contributed by atoms with E-state index in [-0.39, 0.29) is 13.2 Å². The van der Waals surface area contributed by atoms with Gasteiger partial charge in [0.1, 0.15) is 12.6 Å². The maximum atomic E-state index is 11.9. The smallest absolute Gasteiger partial charge is 0.408 e. The van der Waals surface area contributed by atoms with Crippen LogP contribution in [0, 0.1) is 0 Å². The van der Waals surface area contributed by atoms with Crippen molar-refractivity contribution in [2.24, 2.45) is 0 Å². The highest BCUT2D eigenvalue weighted by atomic mass is 16.5. The first-order valence-electron chi connectivity index (χ1n) is 7.97. The summed E-state index contributed by atoms with van der Waals surface area (Å²) in [4.78, 5) is 25.1. The van der Waals surface area contributed by atoms with E-state index < -0.39 is 18.1 Å². The van der Waals surface area contributed by atoms with Crippen LogP contribution < -0.4 is 5.32 Å². The van der Waals surface area contributed by atoms with Gasteiger partial charge in [-0.1, -0.05) is 60.7 Å². The fourth-order valence-electron chi connectivity index (χ4n) is 2.36. The maximum Gasteiger partial charge on any atom is 0.408 e. The minimum Gasteiger partial charge on any atom is -0.480 e. The molecule has 0 radical (unpaired) electrons. The highest BCUT2D eigenvalue weighted by Gasteiger charge is 2.22. The van der Waals surface area contributed by atoms with Crippen molar-refractivity contribution >= 4 is 12.1 Å². The predicted molar refractivity (Wildman–Crippen MR) is 94.0 cm³/mol. The molecule has 0 spiro atoms. The summed E-state index contributed by atoms with van der Waals surface area (Å²) in [6, 6.07) is 17.9. The van der Waals surface area contributed by atoms with Gasteiger partial charge in [0.15, 0.2) is 0 Å². The van der Waals surface area contributed by atoms with Crippen molar-refractivity contribution in [1.82, 2.24) is 10.2 Å². The third-order valence-electron chi connectivity index (χ3n) is 3.59. The summed E-state index contributed by atoms with van der Waals surface area (Å²) < 4.78 is 5.08. The number of ether oxygens (including phenoxy) is 1. The van der Waals surface area contributed by atoms with Crippen molar-refractivity contribution in [3.05, 3.63) is 71.8 Å². The normalized spacial score (nSPS) is 11.8. The molecule has 0 aliphatic carbocycles. The summed E-state index contributed by atoms with van der Waals surface area (Å²) in [7, 11) is 1.81. The summed E-state index contributed by atoms with van der Waals surface area (Å²) in [5.74, 6) is -1.10. The van der Waals surface area contributed by atoms with E-state index in [9.17, 15) is 14.7 Å². The van der Waals surface area contributed by atoms with Gasteiger partial charge in [-0.15, -0.1) is 0 Å². The maximum absolute atomic E-state index is 11.9. The van der Waals surface area contributed by atoms with Gasteiger partial charge in [-0.2, -0.15) is 0 Å². The van der Waals surface area contributed by atoms with Gasteiger partial charge in [0.05, 0.1) is 0 Å². The molecule has 0 aromatic heterocycles. The number of carbonyl (C=O) groups excluding carboxylic acids is 1. The molecule has 132 valence electrons. The molecule has 2 N–H and O–H groups in total. The van der Waals surface area contributed by atoms with E-state index in [4.69, 9.17) is 4.74 Å². The second-order valence-electron chi connectivity index (χ2n) is 5.78. The first kappa shape index (κ1) is 18.5. The number of rotatable bonds is 8. The topological polar surface area (TPSA) is 78.9 Å². The molecule has 2 aromatic rings. The number of hydrogen-bond donors (Lipinski definition) is 2. The number of amides is 1. The van der Waals surface area contributed by atoms with Crippen LogP contribution in [0.1, 0.15) is 11.1 Å². The molecule has 0 saturated heterocycles. The van der Waals surface area contributed by atoms with Crippen molar-refractivity contribution in [3.63, 3.8) is 0 Å². The molecule has 0 bridgehead atoms. The van der Waals surface area contributed by atoms with E-state index in [0.717, 1.165) is 11.1 Å². The molecule has 1 atom stereocenters. The van der Waals surface area contributed by atoms with Crippen molar-refractivity contribution in [2.75, 3.05) is 13.6 Å². The van der Waals surface area contributed by atoms with Crippen LogP contribution in [0.25, 0.3) is 0 Å². The SMILES string of the molecule is CN(Cc1ccccc1)C[C@H](NC(=O)OCc1ccccc1)C(=O)O. The van der Waals surface area contributed by atoms with Crippen molar-refractivity contribution < 1.29 is 19.4 Å². The number of carbonyl (C=O) groups is 2. The Morgan fingerprint density at radius 2 is 1.60 bits per heavy atom. The first-order chi connectivity index (χ1) is 12.0. The molecule has 0 heterocycles. The zero-order valence-corrected chi connectivity index (χ0v) is 14.1. The highest BCUT2D eigenvalue weighted by molar-refractivity contribution is 5.80. The lowest BCUT2D eigenvalue weighted by molar-refractivity contribution is -0.139. The standard InChI is InChI=1S/C19H22N2O4/c1-21(12-15-8-4-2-5-9-15)13-17(18(22)23)20-19(24)25-14-16-10-6-3-7-11-16/h2-11,17H,12-14H2,1H3,(H,20,24)(H,22,23)/t17-/m0/s1. The third-order valence-corrected chi connectivity index (χ3v) is 3.59. The summed E-state index contributed by atoms with van der Waals surface area (Å²) >= 11 is 0. The van der Waals surface area contributed by atoms with Crippen LogP contribution in [-0.2, 0) is 22.7 Å². The van der Waals surface area contributed by atoms with Crippen LogP contribution in [0.15, 0.2) is 60.7 Å². The Labute approximate surface area is 147 Å². The van der Waals surface area contributed by atoms with E-state index in [1.54, 1.807) is 7.05 Å².